The summed E-state index contributed by atoms with van der Waals surface area (Å²) in [7, 11) is 3.96. The maximum atomic E-state index is 11.4. The third kappa shape index (κ3) is 5.15. The Morgan fingerprint density at radius 2 is 1.96 bits per heavy atom. The topological polar surface area (TPSA) is 45.2 Å². The lowest BCUT2D eigenvalue weighted by atomic mass is 10.1. The van der Waals surface area contributed by atoms with Gasteiger partial charge in [-0.05, 0) is 74.7 Å². The van der Waals surface area contributed by atoms with E-state index in [1.54, 1.807) is 0 Å². The SMILES string of the molecule is CC.Cc1cc(Nc2ccc(CN(C)C)c(C=O)n2)c(C2CC2)cc1Br. The number of aldehydes is 1. The lowest BCUT2D eigenvalue weighted by Crippen LogP contribution is -2.13. The monoisotopic (exact) mass is 417 g/mol. The highest BCUT2D eigenvalue weighted by atomic mass is 79.9. The molecular formula is C21H28BrN3O. The Bertz CT molecular complexity index is 770. The van der Waals surface area contributed by atoms with Crippen molar-refractivity contribution in [3.8, 4) is 0 Å². The van der Waals surface area contributed by atoms with Crippen molar-refractivity contribution in [1.29, 1.82) is 0 Å². The minimum absolute atomic E-state index is 0.496. The summed E-state index contributed by atoms with van der Waals surface area (Å²) in [4.78, 5) is 17.9. The Balaban J connectivity index is 0.00000117. The van der Waals surface area contributed by atoms with Crippen LogP contribution in [0.1, 0.15) is 59.8 Å². The number of nitrogens with zero attached hydrogens (tertiary/aromatic N) is 2. The van der Waals surface area contributed by atoms with Crippen LogP contribution in [-0.4, -0.2) is 30.3 Å². The number of halogens is 1. The molecule has 0 aliphatic heterocycles. The average molecular weight is 418 g/mol. The first-order valence-electron chi connectivity index (χ1n) is 9.15. The van der Waals surface area contributed by atoms with E-state index >= 15 is 0 Å². The number of hydrogen-bond acceptors (Lipinski definition) is 4. The molecule has 5 heteroatoms. The quantitative estimate of drug-likeness (QED) is 0.614. The first kappa shape index (κ1) is 20.6. The zero-order valence-corrected chi connectivity index (χ0v) is 17.9. The van der Waals surface area contributed by atoms with Crippen molar-refractivity contribution in [3.05, 3.63) is 51.1 Å². The number of carbonyl (C=O) groups is 1. The summed E-state index contributed by atoms with van der Waals surface area (Å²) < 4.78 is 1.14. The highest BCUT2D eigenvalue weighted by molar-refractivity contribution is 9.10. The van der Waals surface area contributed by atoms with Gasteiger partial charge >= 0.3 is 0 Å². The molecule has 0 radical (unpaired) electrons. The van der Waals surface area contributed by atoms with E-state index in [9.17, 15) is 4.79 Å². The van der Waals surface area contributed by atoms with Gasteiger partial charge in [0.05, 0.1) is 0 Å². The molecule has 2 aromatic rings. The maximum Gasteiger partial charge on any atom is 0.168 e. The number of pyridine rings is 1. The van der Waals surface area contributed by atoms with Gasteiger partial charge in [-0.15, -0.1) is 0 Å². The Labute approximate surface area is 165 Å². The number of carbonyl (C=O) groups excluding carboxylic acids is 1. The van der Waals surface area contributed by atoms with E-state index in [0.717, 1.165) is 22.0 Å². The molecule has 1 aliphatic rings. The van der Waals surface area contributed by atoms with Crippen molar-refractivity contribution in [3.63, 3.8) is 0 Å². The molecule has 0 spiro atoms. The van der Waals surface area contributed by atoms with E-state index in [4.69, 9.17) is 0 Å². The fourth-order valence-electron chi connectivity index (χ4n) is 2.83. The zero-order chi connectivity index (χ0) is 19.3. The second-order valence-corrected chi connectivity index (χ2v) is 7.54. The molecule has 0 amide bonds. The fraction of sp³-hybridized carbons (Fsp3) is 0.429. The molecule has 0 unspecified atom stereocenters. The molecule has 26 heavy (non-hydrogen) atoms. The number of hydrogen-bond donors (Lipinski definition) is 1. The highest BCUT2D eigenvalue weighted by Gasteiger charge is 2.27. The van der Waals surface area contributed by atoms with Gasteiger partial charge in [-0.25, -0.2) is 4.98 Å². The summed E-state index contributed by atoms with van der Waals surface area (Å²) in [6.07, 6.45) is 3.30. The summed E-state index contributed by atoms with van der Waals surface area (Å²) in [6.45, 7) is 6.78. The van der Waals surface area contributed by atoms with Crippen LogP contribution < -0.4 is 5.32 Å². The summed E-state index contributed by atoms with van der Waals surface area (Å²) in [5.74, 6) is 1.34. The molecule has 4 nitrogen and oxygen atoms in total. The van der Waals surface area contributed by atoms with Gasteiger partial charge in [0.2, 0.25) is 0 Å². The van der Waals surface area contributed by atoms with Crippen molar-refractivity contribution < 1.29 is 4.79 Å². The van der Waals surface area contributed by atoms with Gasteiger partial charge in [0, 0.05) is 16.7 Å². The van der Waals surface area contributed by atoms with Crippen molar-refractivity contribution in [2.24, 2.45) is 0 Å². The molecule has 1 aliphatic carbocycles. The summed E-state index contributed by atoms with van der Waals surface area (Å²) >= 11 is 3.62. The van der Waals surface area contributed by atoms with Gasteiger partial charge in [-0.3, -0.25) is 4.79 Å². The highest BCUT2D eigenvalue weighted by Crippen LogP contribution is 2.45. The Morgan fingerprint density at radius 1 is 1.27 bits per heavy atom. The largest absolute Gasteiger partial charge is 0.340 e. The molecule has 1 aromatic carbocycles. The maximum absolute atomic E-state index is 11.4. The minimum atomic E-state index is 0.496. The van der Waals surface area contributed by atoms with Gasteiger partial charge in [0.15, 0.2) is 6.29 Å². The van der Waals surface area contributed by atoms with Crippen molar-refractivity contribution in [2.75, 3.05) is 19.4 Å². The predicted molar refractivity (Wildman–Crippen MR) is 113 cm³/mol. The normalized spacial score (nSPS) is 13.2. The third-order valence-corrected chi connectivity index (χ3v) is 5.08. The molecule has 1 heterocycles. The van der Waals surface area contributed by atoms with E-state index in [0.29, 0.717) is 24.0 Å². The summed E-state index contributed by atoms with van der Waals surface area (Å²) in [5.41, 5.74) is 5.02. The number of aromatic nitrogens is 1. The van der Waals surface area contributed by atoms with Crippen LogP contribution in [0.3, 0.4) is 0 Å². The van der Waals surface area contributed by atoms with Crippen LogP contribution in [0.25, 0.3) is 0 Å². The second kappa shape index (κ2) is 9.28. The molecular weight excluding hydrogens is 390 g/mol. The summed E-state index contributed by atoms with van der Waals surface area (Å²) in [5, 5.41) is 3.41. The number of nitrogens with one attached hydrogen (secondary N) is 1. The Kier molecular flexibility index (Phi) is 7.35. The number of aryl methyl sites for hydroxylation is 1. The van der Waals surface area contributed by atoms with Crippen LogP contribution >= 0.6 is 15.9 Å². The van der Waals surface area contributed by atoms with Gasteiger partial charge in [-0.1, -0.05) is 35.8 Å². The van der Waals surface area contributed by atoms with Crippen molar-refractivity contribution >= 4 is 33.7 Å². The molecule has 1 fully saturated rings. The van der Waals surface area contributed by atoms with Crippen LogP contribution in [0.2, 0.25) is 0 Å². The Hall–Kier alpha value is -1.72. The Morgan fingerprint density at radius 3 is 2.54 bits per heavy atom. The fourth-order valence-corrected chi connectivity index (χ4v) is 3.19. The van der Waals surface area contributed by atoms with Crippen LogP contribution in [0.15, 0.2) is 28.7 Å². The van der Waals surface area contributed by atoms with Crippen molar-refractivity contribution in [1.82, 2.24) is 9.88 Å². The molecule has 140 valence electrons. The van der Waals surface area contributed by atoms with E-state index in [-0.39, 0.29) is 0 Å². The lowest BCUT2D eigenvalue weighted by molar-refractivity contribution is 0.111. The standard InChI is InChI=1S/C19H22BrN3O.C2H6/c1-12-8-17(15(9-16(12)20)13-4-5-13)21-19-7-6-14(10-23(2)3)18(11-24)22-19;1-2/h6-9,11,13H,4-5,10H2,1-3H3,(H,21,22);1-2H3. The molecule has 0 bridgehead atoms. The molecule has 1 N–H and O–H groups in total. The summed E-state index contributed by atoms with van der Waals surface area (Å²) in [6, 6.07) is 8.27. The second-order valence-electron chi connectivity index (χ2n) is 6.68. The number of anilines is 2. The van der Waals surface area contributed by atoms with E-state index < -0.39 is 0 Å². The van der Waals surface area contributed by atoms with Crippen LogP contribution in [0, 0.1) is 6.92 Å². The zero-order valence-electron chi connectivity index (χ0n) is 16.3. The number of rotatable bonds is 6. The first-order valence-corrected chi connectivity index (χ1v) is 9.94. The lowest BCUT2D eigenvalue weighted by Gasteiger charge is -2.15. The van der Waals surface area contributed by atoms with Gasteiger partial charge in [0.25, 0.3) is 0 Å². The smallest absolute Gasteiger partial charge is 0.168 e. The van der Waals surface area contributed by atoms with Crippen molar-refractivity contribution in [2.45, 2.75) is 46.1 Å². The van der Waals surface area contributed by atoms with Gasteiger partial charge < -0.3 is 10.2 Å². The molecule has 0 saturated heterocycles. The minimum Gasteiger partial charge on any atom is -0.340 e. The average Bonchev–Trinajstić information content (AvgIpc) is 3.45. The predicted octanol–water partition coefficient (Wildman–Crippen LogP) is 5.67. The number of benzene rings is 1. The molecule has 3 rings (SSSR count). The van der Waals surface area contributed by atoms with Crippen LogP contribution in [0.5, 0.6) is 0 Å². The van der Waals surface area contributed by atoms with E-state index in [1.807, 2.05) is 45.0 Å². The van der Waals surface area contributed by atoms with Gasteiger partial charge in [0.1, 0.15) is 11.5 Å². The third-order valence-electron chi connectivity index (χ3n) is 4.22. The van der Waals surface area contributed by atoms with E-state index in [2.05, 4.69) is 45.3 Å². The molecule has 1 aromatic heterocycles. The van der Waals surface area contributed by atoms with Crippen LogP contribution in [-0.2, 0) is 6.54 Å². The molecule has 0 atom stereocenters. The molecule has 1 saturated carbocycles. The van der Waals surface area contributed by atoms with Gasteiger partial charge in [-0.2, -0.15) is 0 Å². The first-order chi connectivity index (χ1) is 12.5. The van der Waals surface area contributed by atoms with E-state index in [1.165, 1.54) is 24.0 Å². The van der Waals surface area contributed by atoms with Crippen LogP contribution in [0.4, 0.5) is 11.5 Å².